The number of nitrogens with zero attached hydrogens (tertiary/aromatic N) is 1. The van der Waals surface area contributed by atoms with Gasteiger partial charge in [-0.25, -0.2) is 0 Å². The lowest BCUT2D eigenvalue weighted by Gasteiger charge is -2.14. The van der Waals surface area contributed by atoms with Crippen LogP contribution in [0.15, 0.2) is 30.5 Å². The van der Waals surface area contributed by atoms with Gasteiger partial charge < -0.3 is 0 Å². The van der Waals surface area contributed by atoms with Gasteiger partial charge in [-0.2, -0.15) is 0 Å². The average Bonchev–Trinajstić information content (AvgIpc) is 2.28. The second-order valence-corrected chi connectivity index (χ2v) is 6.21. The molecule has 0 bridgehead atoms. The van der Waals surface area contributed by atoms with Gasteiger partial charge in [0.15, 0.2) is 0 Å². The number of benzene rings is 1. The van der Waals surface area contributed by atoms with Crippen molar-refractivity contribution in [2.45, 2.75) is 25.1 Å². The number of rotatable bonds is 3. The molecule has 1 aromatic heterocycles. The fraction of sp³-hybridized carbons (Fsp3) is 0.357. The Morgan fingerprint density at radius 1 is 1.29 bits per heavy atom. The first kappa shape index (κ1) is 12.8. The monoisotopic (exact) mass is 311 g/mol. The molecule has 2 rings (SSSR count). The van der Waals surface area contributed by atoms with E-state index in [-0.39, 0.29) is 0 Å². The van der Waals surface area contributed by atoms with Gasteiger partial charge in [-0.05, 0) is 36.1 Å². The van der Waals surface area contributed by atoms with Crippen molar-refractivity contribution in [3.63, 3.8) is 0 Å². The normalized spacial score (nSPS) is 13.2. The molecular weight excluding hydrogens is 298 g/mol. The minimum atomic E-state index is 0.490. The summed E-state index contributed by atoms with van der Waals surface area (Å²) in [5.41, 5.74) is 2.29. The molecule has 0 saturated carbocycles. The molecule has 0 spiro atoms. The predicted octanol–water partition coefficient (Wildman–Crippen LogP) is 4.85. The molecule has 1 aromatic carbocycles. The Morgan fingerprint density at radius 3 is 2.76 bits per heavy atom. The average molecular weight is 313 g/mol. The molecule has 1 unspecified atom stereocenters. The van der Waals surface area contributed by atoms with Crippen LogP contribution in [0.4, 0.5) is 0 Å². The number of halogens is 2. The van der Waals surface area contributed by atoms with Crippen LogP contribution in [-0.4, -0.2) is 9.81 Å². The molecular formula is C14H15BrClN. The van der Waals surface area contributed by atoms with Crippen molar-refractivity contribution >= 4 is 38.4 Å². The number of alkyl halides is 1. The number of fused-ring (bicyclic) bond motifs is 1. The third kappa shape index (κ3) is 2.99. The SMILES string of the molecule is CC(C)C(Br)Cc1ccnc2cc(Cl)ccc12. The maximum Gasteiger partial charge on any atom is 0.0719 e. The van der Waals surface area contributed by atoms with E-state index >= 15 is 0 Å². The predicted molar refractivity (Wildman–Crippen MR) is 78.0 cm³/mol. The lowest BCUT2D eigenvalue weighted by molar-refractivity contribution is 0.614. The number of hydrogen-bond acceptors (Lipinski definition) is 1. The molecule has 1 nitrogen and oxygen atoms in total. The highest BCUT2D eigenvalue weighted by atomic mass is 79.9. The van der Waals surface area contributed by atoms with Gasteiger partial charge in [0.05, 0.1) is 5.52 Å². The highest BCUT2D eigenvalue weighted by Gasteiger charge is 2.12. The van der Waals surface area contributed by atoms with Crippen molar-refractivity contribution in [3.05, 3.63) is 41.0 Å². The van der Waals surface area contributed by atoms with Crippen LogP contribution in [0.5, 0.6) is 0 Å². The molecule has 0 amide bonds. The molecule has 90 valence electrons. The Balaban J connectivity index is 2.41. The second kappa shape index (κ2) is 5.36. The molecule has 0 fully saturated rings. The first-order valence-corrected chi connectivity index (χ1v) is 7.04. The first-order valence-electron chi connectivity index (χ1n) is 5.75. The van der Waals surface area contributed by atoms with Gasteiger partial charge in [0, 0.05) is 21.4 Å². The summed E-state index contributed by atoms with van der Waals surface area (Å²) in [6.45, 7) is 4.44. The fourth-order valence-corrected chi connectivity index (χ4v) is 2.32. The lowest BCUT2D eigenvalue weighted by atomic mass is 10.00. The molecule has 17 heavy (non-hydrogen) atoms. The van der Waals surface area contributed by atoms with Gasteiger partial charge in [-0.3, -0.25) is 4.98 Å². The van der Waals surface area contributed by atoms with Crippen molar-refractivity contribution in [1.29, 1.82) is 0 Å². The lowest BCUT2D eigenvalue weighted by Crippen LogP contribution is -2.10. The highest BCUT2D eigenvalue weighted by Crippen LogP contribution is 2.25. The fourth-order valence-electron chi connectivity index (χ4n) is 1.80. The van der Waals surface area contributed by atoms with Gasteiger partial charge in [0.25, 0.3) is 0 Å². The van der Waals surface area contributed by atoms with E-state index in [1.54, 1.807) is 0 Å². The first-order chi connectivity index (χ1) is 8.08. The molecule has 1 atom stereocenters. The Labute approximate surface area is 115 Å². The van der Waals surface area contributed by atoms with E-state index in [2.05, 4.69) is 46.9 Å². The minimum Gasteiger partial charge on any atom is -0.256 e. The standard InChI is InChI=1S/C14H15BrClN/c1-9(2)13(15)7-10-5-6-17-14-8-11(16)3-4-12(10)14/h3-6,8-9,13H,7H2,1-2H3. The molecule has 0 radical (unpaired) electrons. The van der Waals surface area contributed by atoms with Crippen LogP contribution in [0.2, 0.25) is 5.02 Å². The van der Waals surface area contributed by atoms with Crippen molar-refractivity contribution in [2.75, 3.05) is 0 Å². The van der Waals surface area contributed by atoms with Gasteiger partial charge in [-0.1, -0.05) is 47.4 Å². The summed E-state index contributed by atoms with van der Waals surface area (Å²) in [6.07, 6.45) is 2.87. The molecule has 0 aliphatic heterocycles. The van der Waals surface area contributed by atoms with E-state index in [0.29, 0.717) is 10.7 Å². The number of aromatic nitrogens is 1. The maximum absolute atomic E-state index is 5.98. The van der Waals surface area contributed by atoms with E-state index in [4.69, 9.17) is 11.6 Å². The van der Waals surface area contributed by atoms with Crippen LogP contribution in [0.3, 0.4) is 0 Å². The Hall–Kier alpha value is -0.600. The van der Waals surface area contributed by atoms with E-state index in [0.717, 1.165) is 17.0 Å². The summed E-state index contributed by atoms with van der Waals surface area (Å²) in [7, 11) is 0. The molecule has 0 saturated heterocycles. The number of pyridine rings is 1. The van der Waals surface area contributed by atoms with Crippen molar-refractivity contribution in [2.24, 2.45) is 5.92 Å². The summed E-state index contributed by atoms with van der Waals surface area (Å²) in [4.78, 5) is 4.84. The molecule has 0 aliphatic rings. The second-order valence-electron chi connectivity index (χ2n) is 4.60. The minimum absolute atomic E-state index is 0.490. The van der Waals surface area contributed by atoms with Crippen molar-refractivity contribution in [3.8, 4) is 0 Å². The van der Waals surface area contributed by atoms with Crippen LogP contribution < -0.4 is 0 Å². The van der Waals surface area contributed by atoms with E-state index in [9.17, 15) is 0 Å². The summed E-state index contributed by atoms with van der Waals surface area (Å²) in [5, 5.41) is 1.93. The van der Waals surface area contributed by atoms with Crippen LogP contribution in [0.1, 0.15) is 19.4 Å². The van der Waals surface area contributed by atoms with Gasteiger partial charge in [0.1, 0.15) is 0 Å². The molecule has 0 aliphatic carbocycles. The van der Waals surface area contributed by atoms with Crippen LogP contribution in [0.25, 0.3) is 10.9 Å². The molecule has 2 aromatic rings. The topological polar surface area (TPSA) is 12.9 Å². The summed E-state index contributed by atoms with van der Waals surface area (Å²) < 4.78 is 0. The van der Waals surface area contributed by atoms with Crippen molar-refractivity contribution in [1.82, 2.24) is 4.98 Å². The van der Waals surface area contributed by atoms with Crippen LogP contribution >= 0.6 is 27.5 Å². The van der Waals surface area contributed by atoms with E-state index in [1.807, 2.05) is 18.3 Å². The molecule has 1 heterocycles. The third-order valence-corrected chi connectivity index (χ3v) is 4.55. The summed E-state index contributed by atoms with van der Waals surface area (Å²) in [5.74, 6) is 0.616. The zero-order valence-corrected chi connectivity index (χ0v) is 12.3. The number of hydrogen-bond donors (Lipinski definition) is 0. The Kier molecular flexibility index (Phi) is 4.05. The Bertz CT molecular complexity index is 525. The van der Waals surface area contributed by atoms with Crippen LogP contribution in [-0.2, 0) is 6.42 Å². The maximum atomic E-state index is 5.98. The summed E-state index contributed by atoms with van der Waals surface area (Å²) >= 11 is 9.71. The quantitative estimate of drug-likeness (QED) is 0.738. The smallest absolute Gasteiger partial charge is 0.0719 e. The van der Waals surface area contributed by atoms with E-state index < -0.39 is 0 Å². The van der Waals surface area contributed by atoms with Gasteiger partial charge >= 0.3 is 0 Å². The van der Waals surface area contributed by atoms with Crippen LogP contribution in [0, 0.1) is 5.92 Å². The zero-order valence-electron chi connectivity index (χ0n) is 9.95. The largest absolute Gasteiger partial charge is 0.256 e. The van der Waals surface area contributed by atoms with Gasteiger partial charge in [-0.15, -0.1) is 0 Å². The third-order valence-electron chi connectivity index (χ3n) is 2.93. The van der Waals surface area contributed by atoms with E-state index in [1.165, 1.54) is 10.9 Å². The molecule has 0 N–H and O–H groups in total. The van der Waals surface area contributed by atoms with Crippen molar-refractivity contribution < 1.29 is 0 Å². The molecule has 3 heteroatoms. The Morgan fingerprint density at radius 2 is 2.06 bits per heavy atom. The highest BCUT2D eigenvalue weighted by molar-refractivity contribution is 9.09. The zero-order chi connectivity index (χ0) is 12.4. The summed E-state index contributed by atoms with van der Waals surface area (Å²) in [6, 6.07) is 7.99. The van der Waals surface area contributed by atoms with Gasteiger partial charge in [0.2, 0.25) is 0 Å².